The zero-order chi connectivity index (χ0) is 14.0. The summed E-state index contributed by atoms with van der Waals surface area (Å²) in [6.07, 6.45) is 8.27. The fourth-order valence-electron chi connectivity index (χ4n) is 4.29. The minimum atomic E-state index is -0.459. The second-order valence-corrected chi connectivity index (χ2v) is 6.72. The summed E-state index contributed by atoms with van der Waals surface area (Å²) in [6.45, 7) is 2.21. The third kappa shape index (κ3) is 2.64. The van der Waals surface area contributed by atoms with Gasteiger partial charge in [0.2, 0.25) is 0 Å². The number of nitrogens with one attached hydrogen (secondary N) is 1. The largest absolute Gasteiger partial charge is 0.388 e. The zero-order valence-corrected chi connectivity index (χ0v) is 12.5. The van der Waals surface area contributed by atoms with Crippen molar-refractivity contribution in [3.05, 3.63) is 35.9 Å². The molecule has 2 fully saturated rings. The average Bonchev–Trinajstić information content (AvgIpc) is 2.49. The molecule has 0 radical (unpaired) electrons. The van der Waals surface area contributed by atoms with Crippen LogP contribution in [0.2, 0.25) is 0 Å². The Hall–Kier alpha value is -0.860. The highest BCUT2D eigenvalue weighted by molar-refractivity contribution is 5.19. The summed E-state index contributed by atoms with van der Waals surface area (Å²) < 4.78 is 0. The maximum atomic E-state index is 11.2. The molecule has 0 heterocycles. The molecule has 20 heavy (non-hydrogen) atoms. The molecule has 1 aromatic carbocycles. The molecule has 1 aromatic rings. The number of rotatable bonds is 3. The minimum absolute atomic E-state index is 0.261. The molecule has 2 aliphatic carbocycles. The molecule has 2 aliphatic rings. The van der Waals surface area contributed by atoms with E-state index in [4.69, 9.17) is 0 Å². The molecule has 0 aliphatic heterocycles. The van der Waals surface area contributed by atoms with Crippen LogP contribution < -0.4 is 5.32 Å². The van der Waals surface area contributed by atoms with E-state index in [1.54, 1.807) is 0 Å². The van der Waals surface area contributed by atoms with Crippen LogP contribution in [0.15, 0.2) is 30.3 Å². The molecule has 2 heteroatoms. The standard InChI is InChI=1S/C18H27NO/c1-14(15-8-3-2-4-9-15)19-17-12-7-11-16-10-5-6-13-18(16,17)20/h2-4,8-9,14,16-17,19-20H,5-7,10-13H2,1H3/t14-,16-,17-,18+/m1/s1. The SMILES string of the molecule is C[C@@H](N[C@@H]1CCC[C@H]2CCCC[C@]21O)c1ccccc1. The first-order valence-electron chi connectivity index (χ1n) is 8.23. The van der Waals surface area contributed by atoms with E-state index < -0.39 is 5.60 Å². The summed E-state index contributed by atoms with van der Waals surface area (Å²) in [5, 5.41) is 14.9. The predicted molar refractivity (Wildman–Crippen MR) is 82.5 cm³/mol. The molecular formula is C18H27NO. The second kappa shape index (κ2) is 5.87. The fraction of sp³-hybridized carbons (Fsp3) is 0.667. The van der Waals surface area contributed by atoms with Gasteiger partial charge in [0.1, 0.15) is 0 Å². The smallest absolute Gasteiger partial charge is 0.0828 e. The van der Waals surface area contributed by atoms with E-state index in [-0.39, 0.29) is 6.04 Å². The van der Waals surface area contributed by atoms with Crippen molar-refractivity contribution in [2.24, 2.45) is 5.92 Å². The highest BCUT2D eigenvalue weighted by Gasteiger charge is 2.47. The minimum Gasteiger partial charge on any atom is -0.388 e. The number of hydrogen-bond acceptors (Lipinski definition) is 2. The fourth-order valence-corrected chi connectivity index (χ4v) is 4.29. The first kappa shape index (κ1) is 14.1. The first-order valence-corrected chi connectivity index (χ1v) is 8.23. The molecule has 0 aromatic heterocycles. The zero-order valence-electron chi connectivity index (χ0n) is 12.5. The monoisotopic (exact) mass is 273 g/mol. The van der Waals surface area contributed by atoms with Crippen molar-refractivity contribution in [2.45, 2.75) is 69.6 Å². The van der Waals surface area contributed by atoms with Crippen LogP contribution in [0.25, 0.3) is 0 Å². The van der Waals surface area contributed by atoms with Crippen molar-refractivity contribution in [1.29, 1.82) is 0 Å². The Kier molecular flexibility index (Phi) is 4.13. The quantitative estimate of drug-likeness (QED) is 0.877. The normalized spacial score (nSPS) is 35.3. The predicted octanol–water partition coefficient (Wildman–Crippen LogP) is 3.81. The van der Waals surface area contributed by atoms with Gasteiger partial charge in [-0.3, -0.25) is 0 Å². The average molecular weight is 273 g/mol. The van der Waals surface area contributed by atoms with Gasteiger partial charge in [-0.2, -0.15) is 0 Å². The molecule has 110 valence electrons. The van der Waals surface area contributed by atoms with E-state index in [0.717, 1.165) is 12.8 Å². The summed E-state index contributed by atoms with van der Waals surface area (Å²) in [6, 6.07) is 11.1. The van der Waals surface area contributed by atoms with Gasteiger partial charge in [-0.05, 0) is 44.1 Å². The van der Waals surface area contributed by atoms with Gasteiger partial charge in [0.15, 0.2) is 0 Å². The molecule has 2 nitrogen and oxygen atoms in total. The lowest BCUT2D eigenvalue weighted by atomic mass is 9.64. The number of benzene rings is 1. The lowest BCUT2D eigenvalue weighted by Gasteiger charge is -2.50. The highest BCUT2D eigenvalue weighted by Crippen LogP contribution is 2.44. The number of fused-ring (bicyclic) bond motifs is 1. The second-order valence-electron chi connectivity index (χ2n) is 6.72. The van der Waals surface area contributed by atoms with E-state index in [2.05, 4.69) is 42.6 Å². The lowest BCUT2D eigenvalue weighted by Crippen LogP contribution is -2.59. The Morgan fingerprint density at radius 3 is 2.65 bits per heavy atom. The van der Waals surface area contributed by atoms with Gasteiger partial charge in [-0.25, -0.2) is 0 Å². The molecule has 0 spiro atoms. The molecule has 2 saturated carbocycles. The van der Waals surface area contributed by atoms with Crippen LogP contribution in [-0.2, 0) is 0 Å². The number of hydrogen-bond donors (Lipinski definition) is 2. The molecule has 3 rings (SSSR count). The molecule has 0 unspecified atom stereocenters. The van der Waals surface area contributed by atoms with Crippen molar-refractivity contribution in [2.75, 3.05) is 0 Å². The maximum absolute atomic E-state index is 11.2. The summed E-state index contributed by atoms with van der Waals surface area (Å²) in [5.41, 5.74) is 0.855. The lowest BCUT2D eigenvalue weighted by molar-refractivity contribution is -0.101. The van der Waals surface area contributed by atoms with Crippen molar-refractivity contribution >= 4 is 0 Å². The van der Waals surface area contributed by atoms with Crippen LogP contribution in [0.4, 0.5) is 0 Å². The van der Waals surface area contributed by atoms with E-state index in [1.807, 2.05) is 0 Å². The van der Waals surface area contributed by atoms with E-state index in [0.29, 0.717) is 12.0 Å². The molecule has 0 amide bonds. The summed E-state index contributed by atoms with van der Waals surface area (Å²) in [5.74, 6) is 0.519. The van der Waals surface area contributed by atoms with Gasteiger partial charge in [0, 0.05) is 12.1 Å². The van der Waals surface area contributed by atoms with Crippen LogP contribution in [0.5, 0.6) is 0 Å². The van der Waals surface area contributed by atoms with Gasteiger partial charge < -0.3 is 10.4 Å². The first-order chi connectivity index (χ1) is 9.70. The third-order valence-corrected chi connectivity index (χ3v) is 5.49. The van der Waals surface area contributed by atoms with Gasteiger partial charge in [-0.1, -0.05) is 49.6 Å². The third-order valence-electron chi connectivity index (χ3n) is 5.49. The maximum Gasteiger partial charge on any atom is 0.0828 e. The van der Waals surface area contributed by atoms with Crippen molar-refractivity contribution in [3.63, 3.8) is 0 Å². The van der Waals surface area contributed by atoms with Crippen molar-refractivity contribution in [1.82, 2.24) is 5.32 Å². The van der Waals surface area contributed by atoms with E-state index in [1.165, 1.54) is 37.7 Å². The molecular weight excluding hydrogens is 246 g/mol. The molecule has 0 saturated heterocycles. The molecule has 0 bridgehead atoms. The van der Waals surface area contributed by atoms with E-state index in [9.17, 15) is 5.11 Å². The van der Waals surface area contributed by atoms with Crippen LogP contribution in [0, 0.1) is 5.92 Å². The van der Waals surface area contributed by atoms with Gasteiger partial charge in [0.05, 0.1) is 5.60 Å². The van der Waals surface area contributed by atoms with Crippen LogP contribution in [-0.4, -0.2) is 16.7 Å². The van der Waals surface area contributed by atoms with E-state index >= 15 is 0 Å². The van der Waals surface area contributed by atoms with Crippen molar-refractivity contribution < 1.29 is 5.11 Å². The molecule has 2 N–H and O–H groups in total. The summed E-state index contributed by atoms with van der Waals surface area (Å²) >= 11 is 0. The Morgan fingerprint density at radius 2 is 1.85 bits per heavy atom. The van der Waals surface area contributed by atoms with Gasteiger partial charge in [0.25, 0.3) is 0 Å². The summed E-state index contributed by atoms with van der Waals surface area (Å²) in [7, 11) is 0. The Bertz CT molecular complexity index is 430. The Morgan fingerprint density at radius 1 is 1.10 bits per heavy atom. The topological polar surface area (TPSA) is 32.3 Å². The highest BCUT2D eigenvalue weighted by atomic mass is 16.3. The molecule has 4 atom stereocenters. The van der Waals surface area contributed by atoms with Crippen molar-refractivity contribution in [3.8, 4) is 0 Å². The Balaban J connectivity index is 1.72. The van der Waals surface area contributed by atoms with Crippen LogP contribution in [0.1, 0.15) is 63.5 Å². The van der Waals surface area contributed by atoms with Gasteiger partial charge >= 0.3 is 0 Å². The summed E-state index contributed by atoms with van der Waals surface area (Å²) in [4.78, 5) is 0. The number of aliphatic hydroxyl groups is 1. The Labute approximate surface area is 122 Å². The van der Waals surface area contributed by atoms with Crippen LogP contribution >= 0.6 is 0 Å². The van der Waals surface area contributed by atoms with Gasteiger partial charge in [-0.15, -0.1) is 0 Å². The van der Waals surface area contributed by atoms with Crippen LogP contribution in [0.3, 0.4) is 0 Å².